The average molecular weight is 366 g/mol. The number of amides is 1. The van der Waals surface area contributed by atoms with Crippen LogP contribution in [0.5, 0.6) is 0 Å². The van der Waals surface area contributed by atoms with Crippen LogP contribution in [0.3, 0.4) is 0 Å². The molecule has 0 unspecified atom stereocenters. The number of nitrogens with zero attached hydrogens (tertiary/aromatic N) is 2. The van der Waals surface area contributed by atoms with Crippen LogP contribution >= 0.6 is 0 Å². The first-order valence-corrected chi connectivity index (χ1v) is 8.74. The van der Waals surface area contributed by atoms with Gasteiger partial charge in [0.2, 0.25) is 5.91 Å². The number of carbonyl (C=O) groups excluding carboxylic acids is 1. The Morgan fingerprint density at radius 3 is 2.44 bits per heavy atom. The predicted octanol–water partition coefficient (Wildman–Crippen LogP) is 4.18. The molecule has 27 heavy (non-hydrogen) atoms. The van der Waals surface area contributed by atoms with E-state index in [1.54, 1.807) is 6.07 Å². The molecule has 2 aromatic carbocycles. The molecule has 3 nitrogen and oxygen atoms in total. The first kappa shape index (κ1) is 18.7. The van der Waals surface area contributed by atoms with Crippen LogP contribution in [0.25, 0.3) is 0 Å². The number of pyridine rings is 1. The van der Waals surface area contributed by atoms with Gasteiger partial charge >= 0.3 is 0 Å². The van der Waals surface area contributed by atoms with Crippen LogP contribution in [0, 0.1) is 18.6 Å². The van der Waals surface area contributed by atoms with E-state index < -0.39 is 11.6 Å². The average Bonchev–Trinajstić information content (AvgIpc) is 2.66. The number of hydrogen-bond acceptors (Lipinski definition) is 1. The second kappa shape index (κ2) is 8.54. The quantitative estimate of drug-likeness (QED) is 0.667. The Labute approximate surface area is 156 Å². The van der Waals surface area contributed by atoms with Crippen molar-refractivity contribution in [2.75, 3.05) is 0 Å². The Hall–Kier alpha value is -3.08. The van der Waals surface area contributed by atoms with Crippen LogP contribution in [0.2, 0.25) is 0 Å². The number of benzene rings is 2. The van der Waals surface area contributed by atoms with Crippen molar-refractivity contribution < 1.29 is 13.6 Å². The molecule has 3 rings (SSSR count). The van der Waals surface area contributed by atoms with Crippen molar-refractivity contribution in [3.8, 4) is 0 Å². The maximum atomic E-state index is 13.2. The van der Waals surface area contributed by atoms with Crippen LogP contribution in [0.15, 0.2) is 71.9 Å². The third-order valence-electron chi connectivity index (χ3n) is 4.24. The molecular formula is C22H20F2N2O. The Balaban J connectivity index is 1.73. The molecule has 1 heterocycles. The minimum absolute atomic E-state index is 0.129. The Kier molecular flexibility index (Phi) is 5.91. The summed E-state index contributed by atoms with van der Waals surface area (Å²) >= 11 is 0. The summed E-state index contributed by atoms with van der Waals surface area (Å²) in [7, 11) is 0. The number of rotatable bonds is 5. The second-order valence-corrected chi connectivity index (χ2v) is 6.43. The van der Waals surface area contributed by atoms with E-state index in [4.69, 9.17) is 0 Å². The largest absolute Gasteiger partial charge is 0.329 e. The van der Waals surface area contributed by atoms with Gasteiger partial charge in [0.05, 0.1) is 0 Å². The van der Waals surface area contributed by atoms with Crippen LogP contribution in [-0.4, -0.2) is 10.5 Å². The Morgan fingerprint density at radius 2 is 1.70 bits per heavy atom. The summed E-state index contributed by atoms with van der Waals surface area (Å²) in [6.07, 6.45) is 2.32. The fourth-order valence-electron chi connectivity index (χ4n) is 2.72. The van der Waals surface area contributed by atoms with Gasteiger partial charge < -0.3 is 4.57 Å². The smallest absolute Gasteiger partial charge is 0.247 e. The highest BCUT2D eigenvalue weighted by molar-refractivity contribution is 5.77. The molecule has 0 spiro atoms. The molecule has 0 fully saturated rings. The van der Waals surface area contributed by atoms with E-state index in [9.17, 15) is 13.6 Å². The van der Waals surface area contributed by atoms with E-state index in [2.05, 4.69) is 4.99 Å². The van der Waals surface area contributed by atoms with Crippen molar-refractivity contribution in [2.45, 2.75) is 26.3 Å². The third-order valence-corrected chi connectivity index (χ3v) is 4.24. The minimum Gasteiger partial charge on any atom is -0.329 e. The molecule has 0 radical (unpaired) electrons. The van der Waals surface area contributed by atoms with Crippen LogP contribution < -0.4 is 5.49 Å². The van der Waals surface area contributed by atoms with Gasteiger partial charge in [0, 0.05) is 19.2 Å². The zero-order chi connectivity index (χ0) is 19.2. The van der Waals surface area contributed by atoms with Crippen molar-refractivity contribution >= 4 is 5.91 Å². The van der Waals surface area contributed by atoms with Crippen molar-refractivity contribution in [3.05, 3.63) is 101 Å². The molecule has 5 heteroatoms. The fourth-order valence-corrected chi connectivity index (χ4v) is 2.72. The van der Waals surface area contributed by atoms with Crippen molar-refractivity contribution in [1.82, 2.24) is 4.57 Å². The molecule has 138 valence electrons. The molecule has 0 aliphatic rings. The van der Waals surface area contributed by atoms with Gasteiger partial charge in [0.25, 0.3) is 0 Å². The maximum Gasteiger partial charge on any atom is 0.247 e. The summed E-state index contributed by atoms with van der Waals surface area (Å²) in [5.74, 6) is -2.10. The molecular weight excluding hydrogens is 346 g/mol. The van der Waals surface area contributed by atoms with Crippen molar-refractivity contribution in [2.24, 2.45) is 4.99 Å². The number of aryl methyl sites for hydroxylation is 2. The van der Waals surface area contributed by atoms with Gasteiger partial charge in [-0.3, -0.25) is 4.79 Å². The lowest BCUT2D eigenvalue weighted by Gasteiger charge is -2.08. The van der Waals surface area contributed by atoms with Crippen molar-refractivity contribution in [1.29, 1.82) is 0 Å². The maximum absolute atomic E-state index is 13.2. The SMILES string of the molecule is Cc1ccc(Cn2ccccc2=NC(=O)CCc2ccc(F)c(F)c2)cc1. The van der Waals surface area contributed by atoms with Crippen molar-refractivity contribution in [3.63, 3.8) is 0 Å². The molecule has 0 saturated carbocycles. The summed E-state index contributed by atoms with van der Waals surface area (Å²) in [6, 6.07) is 17.3. The predicted molar refractivity (Wildman–Crippen MR) is 100.0 cm³/mol. The van der Waals surface area contributed by atoms with E-state index in [0.717, 1.165) is 17.7 Å². The molecule has 0 bridgehead atoms. The topological polar surface area (TPSA) is 34.4 Å². The normalized spacial score (nSPS) is 11.6. The summed E-state index contributed by atoms with van der Waals surface area (Å²) in [5.41, 5.74) is 3.43. The van der Waals surface area contributed by atoms with E-state index in [1.807, 2.05) is 54.1 Å². The highest BCUT2D eigenvalue weighted by Crippen LogP contribution is 2.10. The zero-order valence-corrected chi connectivity index (χ0v) is 15.0. The van der Waals surface area contributed by atoms with E-state index in [0.29, 0.717) is 24.0 Å². The minimum atomic E-state index is -0.907. The van der Waals surface area contributed by atoms with Gasteiger partial charge in [-0.15, -0.1) is 0 Å². The molecule has 3 aromatic rings. The number of halogens is 2. The molecule has 0 aliphatic heterocycles. The first-order valence-electron chi connectivity index (χ1n) is 8.74. The van der Waals surface area contributed by atoms with Gasteiger partial charge in [-0.25, -0.2) is 8.78 Å². The van der Waals surface area contributed by atoms with Crippen LogP contribution in [0.4, 0.5) is 8.78 Å². The van der Waals surface area contributed by atoms with E-state index >= 15 is 0 Å². The summed E-state index contributed by atoms with van der Waals surface area (Å²) in [4.78, 5) is 16.4. The monoisotopic (exact) mass is 366 g/mol. The highest BCUT2D eigenvalue weighted by atomic mass is 19.2. The zero-order valence-electron chi connectivity index (χ0n) is 15.0. The molecule has 0 aliphatic carbocycles. The molecule has 0 atom stereocenters. The standard InChI is InChI=1S/C22H20F2N2O/c1-16-5-7-18(8-6-16)15-26-13-3-2-4-21(26)25-22(27)12-10-17-9-11-19(23)20(24)14-17/h2-9,11,13-14H,10,12,15H2,1H3. The number of aromatic nitrogens is 1. The number of hydrogen-bond donors (Lipinski definition) is 0. The molecule has 1 aromatic heterocycles. The highest BCUT2D eigenvalue weighted by Gasteiger charge is 2.06. The van der Waals surface area contributed by atoms with Gasteiger partial charge in [0.1, 0.15) is 5.49 Å². The molecule has 0 saturated heterocycles. The Morgan fingerprint density at radius 1 is 0.963 bits per heavy atom. The van der Waals surface area contributed by atoms with Gasteiger partial charge in [-0.05, 0) is 48.7 Å². The summed E-state index contributed by atoms with van der Waals surface area (Å²) in [6.45, 7) is 2.64. The fraction of sp³-hybridized carbons (Fsp3) is 0.182. The van der Waals surface area contributed by atoms with E-state index in [1.165, 1.54) is 11.6 Å². The third kappa shape index (κ3) is 5.20. The second-order valence-electron chi connectivity index (χ2n) is 6.43. The lowest BCUT2D eigenvalue weighted by Crippen LogP contribution is -2.22. The first-order chi connectivity index (χ1) is 13.0. The van der Waals surface area contributed by atoms with E-state index in [-0.39, 0.29) is 12.3 Å². The van der Waals surface area contributed by atoms with Gasteiger partial charge in [0.15, 0.2) is 11.6 Å². The lowest BCUT2D eigenvalue weighted by atomic mass is 10.1. The lowest BCUT2D eigenvalue weighted by molar-refractivity contribution is -0.118. The summed E-state index contributed by atoms with van der Waals surface area (Å²) < 4.78 is 28.1. The van der Waals surface area contributed by atoms with Gasteiger partial charge in [-0.1, -0.05) is 42.0 Å². The Bertz CT molecular complexity index is 1010. The number of carbonyl (C=O) groups is 1. The van der Waals surface area contributed by atoms with Gasteiger partial charge in [-0.2, -0.15) is 4.99 Å². The molecule has 1 amide bonds. The van der Waals surface area contributed by atoms with Crippen LogP contribution in [-0.2, 0) is 17.8 Å². The summed E-state index contributed by atoms with van der Waals surface area (Å²) in [5, 5.41) is 0. The van der Waals surface area contributed by atoms with Crippen LogP contribution in [0.1, 0.15) is 23.1 Å². The molecule has 0 N–H and O–H groups in total.